The number of nitrogens with two attached hydrogens (primary N) is 1. The molecule has 150 valence electrons. The second kappa shape index (κ2) is 8.20. The Hall–Kier alpha value is -3.57. The second-order valence-corrected chi connectivity index (χ2v) is 7.38. The molecule has 0 saturated carbocycles. The van der Waals surface area contributed by atoms with E-state index >= 15 is 0 Å². The highest BCUT2D eigenvalue weighted by atomic mass is 32.2. The molecule has 11 heteroatoms. The first-order valence-corrected chi connectivity index (χ1v) is 9.67. The van der Waals surface area contributed by atoms with Gasteiger partial charge in [0.2, 0.25) is 10.0 Å². The molecule has 3 aromatic rings. The first-order chi connectivity index (χ1) is 13.7. The monoisotopic (exact) mass is 418 g/mol. The number of aromatic nitrogens is 2. The number of nitrogens with zero attached hydrogens (tertiary/aromatic N) is 2. The summed E-state index contributed by atoms with van der Waals surface area (Å²) >= 11 is 0. The zero-order valence-electron chi connectivity index (χ0n) is 14.8. The predicted octanol–water partition coefficient (Wildman–Crippen LogP) is 1.45. The van der Waals surface area contributed by atoms with Crippen LogP contribution in [0.25, 0.3) is 5.69 Å². The Morgan fingerprint density at radius 3 is 2.38 bits per heavy atom. The van der Waals surface area contributed by atoms with Crippen LogP contribution in [0.4, 0.5) is 10.1 Å². The highest BCUT2D eigenvalue weighted by Crippen LogP contribution is 2.14. The second-order valence-electron chi connectivity index (χ2n) is 5.82. The number of anilines is 1. The fourth-order valence-electron chi connectivity index (χ4n) is 2.38. The van der Waals surface area contributed by atoms with E-state index in [9.17, 15) is 22.4 Å². The summed E-state index contributed by atoms with van der Waals surface area (Å²) in [5, 5.41) is 7.46. The molecule has 1 amide bonds. The number of ether oxygens (including phenoxy) is 1. The van der Waals surface area contributed by atoms with Gasteiger partial charge >= 0.3 is 5.97 Å². The number of hydrogen-bond acceptors (Lipinski definition) is 6. The van der Waals surface area contributed by atoms with Gasteiger partial charge in [0.05, 0.1) is 17.4 Å². The van der Waals surface area contributed by atoms with Gasteiger partial charge in [0.25, 0.3) is 5.91 Å². The highest BCUT2D eigenvalue weighted by molar-refractivity contribution is 7.89. The summed E-state index contributed by atoms with van der Waals surface area (Å²) in [6, 6.07) is 10.6. The zero-order chi connectivity index (χ0) is 21.0. The summed E-state index contributed by atoms with van der Waals surface area (Å²) in [4.78, 5) is 28.0. The van der Waals surface area contributed by atoms with Gasteiger partial charge in [-0.25, -0.2) is 27.7 Å². The Morgan fingerprint density at radius 2 is 1.76 bits per heavy atom. The normalized spacial score (nSPS) is 11.1. The number of imidazole rings is 1. The summed E-state index contributed by atoms with van der Waals surface area (Å²) < 4.78 is 41.9. The van der Waals surface area contributed by atoms with Crippen LogP contribution < -0.4 is 10.5 Å². The average Bonchev–Trinajstić information content (AvgIpc) is 3.16. The third-order valence-electron chi connectivity index (χ3n) is 3.75. The molecule has 0 aliphatic carbocycles. The van der Waals surface area contributed by atoms with E-state index in [0.29, 0.717) is 11.4 Å². The molecule has 0 fully saturated rings. The Labute approximate surface area is 165 Å². The SMILES string of the molecule is NS(=O)(=O)c1ccc(NC(=O)COC(=O)c2cncn2-c2ccc(F)cc2)cc1. The van der Waals surface area contributed by atoms with E-state index in [2.05, 4.69) is 10.3 Å². The number of benzene rings is 2. The summed E-state index contributed by atoms with van der Waals surface area (Å²) in [5.41, 5.74) is 0.854. The van der Waals surface area contributed by atoms with Crippen molar-refractivity contribution in [1.29, 1.82) is 0 Å². The topological polar surface area (TPSA) is 133 Å². The molecule has 0 bridgehead atoms. The molecule has 9 nitrogen and oxygen atoms in total. The van der Waals surface area contributed by atoms with Crippen molar-refractivity contribution in [3.8, 4) is 5.69 Å². The third kappa shape index (κ3) is 5.03. The van der Waals surface area contributed by atoms with Gasteiger partial charge in [-0.15, -0.1) is 0 Å². The molecule has 0 radical (unpaired) electrons. The number of carbonyl (C=O) groups excluding carboxylic acids is 2. The molecular weight excluding hydrogens is 403 g/mol. The number of sulfonamides is 1. The Kier molecular flexibility index (Phi) is 5.71. The number of primary sulfonamides is 1. The van der Waals surface area contributed by atoms with Gasteiger partial charge in [-0.1, -0.05) is 0 Å². The lowest BCUT2D eigenvalue weighted by Crippen LogP contribution is -2.22. The lowest BCUT2D eigenvalue weighted by molar-refractivity contribution is -0.119. The molecule has 0 aliphatic rings. The first kappa shape index (κ1) is 20.2. The first-order valence-electron chi connectivity index (χ1n) is 8.12. The van der Waals surface area contributed by atoms with Gasteiger partial charge in [-0.05, 0) is 48.5 Å². The van der Waals surface area contributed by atoms with Crippen LogP contribution in [0.2, 0.25) is 0 Å². The summed E-state index contributed by atoms with van der Waals surface area (Å²) in [6.07, 6.45) is 2.62. The molecule has 2 aromatic carbocycles. The van der Waals surface area contributed by atoms with Crippen molar-refractivity contribution in [2.45, 2.75) is 4.90 Å². The molecule has 3 N–H and O–H groups in total. The molecule has 0 saturated heterocycles. The van der Waals surface area contributed by atoms with Crippen LogP contribution in [0.1, 0.15) is 10.5 Å². The van der Waals surface area contributed by atoms with E-state index in [1.165, 1.54) is 65.6 Å². The van der Waals surface area contributed by atoms with Gasteiger partial charge in [-0.3, -0.25) is 9.36 Å². The van der Waals surface area contributed by atoms with Crippen LogP contribution in [-0.2, 0) is 19.6 Å². The van der Waals surface area contributed by atoms with Crippen LogP contribution >= 0.6 is 0 Å². The molecule has 0 spiro atoms. The summed E-state index contributed by atoms with van der Waals surface area (Å²) in [7, 11) is -3.84. The van der Waals surface area contributed by atoms with Gasteiger partial charge in [-0.2, -0.15) is 0 Å². The number of amides is 1. The van der Waals surface area contributed by atoms with Crippen LogP contribution in [-0.4, -0.2) is 36.5 Å². The van der Waals surface area contributed by atoms with E-state index in [4.69, 9.17) is 9.88 Å². The third-order valence-corrected chi connectivity index (χ3v) is 4.68. The average molecular weight is 418 g/mol. The predicted molar refractivity (Wildman–Crippen MR) is 100 cm³/mol. The molecular formula is C18H15FN4O5S. The van der Waals surface area contributed by atoms with Crippen molar-refractivity contribution in [3.63, 3.8) is 0 Å². The maximum Gasteiger partial charge on any atom is 0.357 e. The van der Waals surface area contributed by atoms with Crippen LogP contribution in [0.15, 0.2) is 66.0 Å². The van der Waals surface area contributed by atoms with Crippen molar-refractivity contribution < 1.29 is 27.1 Å². The molecule has 29 heavy (non-hydrogen) atoms. The minimum Gasteiger partial charge on any atom is -0.451 e. The molecule has 3 rings (SSSR count). The van der Waals surface area contributed by atoms with Crippen molar-refractivity contribution in [2.24, 2.45) is 5.14 Å². The number of halogens is 1. The van der Waals surface area contributed by atoms with E-state index in [-0.39, 0.29) is 10.6 Å². The lowest BCUT2D eigenvalue weighted by atomic mass is 10.3. The summed E-state index contributed by atoms with van der Waals surface area (Å²) in [5.74, 6) is -1.85. The fraction of sp³-hybridized carbons (Fsp3) is 0.0556. The Balaban J connectivity index is 1.60. The largest absolute Gasteiger partial charge is 0.451 e. The van der Waals surface area contributed by atoms with Crippen molar-refractivity contribution in [1.82, 2.24) is 9.55 Å². The molecule has 0 unspecified atom stereocenters. The highest BCUT2D eigenvalue weighted by Gasteiger charge is 2.16. The molecule has 0 aliphatic heterocycles. The quantitative estimate of drug-likeness (QED) is 0.582. The zero-order valence-corrected chi connectivity index (χ0v) is 15.6. The number of hydrogen-bond donors (Lipinski definition) is 2. The molecule has 1 aromatic heterocycles. The maximum absolute atomic E-state index is 13.1. The smallest absolute Gasteiger partial charge is 0.357 e. The number of nitrogens with one attached hydrogen (secondary N) is 1. The van der Waals surface area contributed by atoms with Crippen molar-refractivity contribution in [2.75, 3.05) is 11.9 Å². The van der Waals surface area contributed by atoms with Crippen molar-refractivity contribution >= 4 is 27.6 Å². The van der Waals surface area contributed by atoms with Gasteiger partial charge in [0, 0.05) is 11.4 Å². The fourth-order valence-corrected chi connectivity index (χ4v) is 2.90. The standard InChI is InChI=1S/C18H15FN4O5S/c19-12-1-5-14(6-2-12)23-11-21-9-16(23)18(25)28-10-17(24)22-13-3-7-15(8-4-13)29(20,26)27/h1-9,11H,10H2,(H,22,24)(H2,20,26,27). The van der Waals surface area contributed by atoms with Crippen LogP contribution in [0, 0.1) is 5.82 Å². The maximum atomic E-state index is 13.1. The minimum atomic E-state index is -3.84. The van der Waals surface area contributed by atoms with E-state index < -0.39 is 34.3 Å². The number of rotatable bonds is 6. The summed E-state index contributed by atoms with van der Waals surface area (Å²) in [6.45, 7) is -0.579. The Bertz CT molecular complexity index is 1140. The van der Waals surface area contributed by atoms with Crippen LogP contribution in [0.3, 0.4) is 0 Å². The van der Waals surface area contributed by atoms with Gasteiger partial charge in [0.1, 0.15) is 5.82 Å². The van der Waals surface area contributed by atoms with Crippen LogP contribution in [0.5, 0.6) is 0 Å². The van der Waals surface area contributed by atoms with E-state index in [0.717, 1.165) is 0 Å². The van der Waals surface area contributed by atoms with Gasteiger partial charge in [0.15, 0.2) is 12.3 Å². The lowest BCUT2D eigenvalue weighted by Gasteiger charge is -2.09. The van der Waals surface area contributed by atoms with E-state index in [1.54, 1.807) is 0 Å². The molecule has 1 heterocycles. The minimum absolute atomic E-state index is 0.0573. The Morgan fingerprint density at radius 1 is 1.10 bits per heavy atom. The van der Waals surface area contributed by atoms with Crippen molar-refractivity contribution in [3.05, 3.63) is 72.6 Å². The number of carbonyl (C=O) groups is 2. The van der Waals surface area contributed by atoms with E-state index in [1.807, 2.05) is 0 Å². The molecule has 0 atom stereocenters. The van der Waals surface area contributed by atoms with Gasteiger partial charge < -0.3 is 10.1 Å². The number of esters is 1.